The Kier molecular flexibility index (Phi) is 10.9. The van der Waals surface area contributed by atoms with Gasteiger partial charge < -0.3 is 20.5 Å². The molecule has 3 amide bonds. The number of cyclic esters (lactones) is 1. The van der Waals surface area contributed by atoms with Crippen LogP contribution in [0, 0.1) is 11.8 Å². The summed E-state index contributed by atoms with van der Waals surface area (Å²) in [5.41, 5.74) is 5.14. The van der Waals surface area contributed by atoms with Crippen LogP contribution >= 0.6 is 0 Å². The first-order valence-electron chi connectivity index (χ1n) is 14.1. The van der Waals surface area contributed by atoms with E-state index in [2.05, 4.69) is 22.1 Å². The Morgan fingerprint density at radius 2 is 1.67 bits per heavy atom. The monoisotopic (exact) mass is 544 g/mol. The van der Waals surface area contributed by atoms with Crippen molar-refractivity contribution < 1.29 is 29.0 Å². The summed E-state index contributed by atoms with van der Waals surface area (Å²) in [5.74, 6) is -2.95. The molecule has 2 heterocycles. The van der Waals surface area contributed by atoms with Crippen LogP contribution in [0.3, 0.4) is 0 Å². The molecule has 3 rings (SSSR count). The van der Waals surface area contributed by atoms with Gasteiger partial charge in [-0.05, 0) is 69.9 Å². The van der Waals surface area contributed by atoms with Crippen LogP contribution in [-0.2, 0) is 30.3 Å². The van der Waals surface area contributed by atoms with Crippen molar-refractivity contribution in [2.24, 2.45) is 11.8 Å². The number of carbonyl (C=O) groups is 4. The Labute approximate surface area is 231 Å². The third-order valence-electron chi connectivity index (χ3n) is 7.58. The second kappa shape index (κ2) is 13.9. The second-order valence-electron chi connectivity index (χ2n) is 11.2. The van der Waals surface area contributed by atoms with Crippen molar-refractivity contribution in [3.63, 3.8) is 0 Å². The molecule has 4 N–H and O–H groups in total. The van der Waals surface area contributed by atoms with Crippen LogP contribution in [-0.4, -0.2) is 64.6 Å². The molecule has 0 aromatic heterocycles. The van der Waals surface area contributed by atoms with Crippen molar-refractivity contribution in [3.8, 4) is 0 Å². The van der Waals surface area contributed by atoms with Crippen LogP contribution in [0.25, 0.3) is 0 Å². The van der Waals surface area contributed by atoms with Gasteiger partial charge in [-0.3, -0.25) is 24.2 Å². The molecule has 0 spiro atoms. The van der Waals surface area contributed by atoms with Gasteiger partial charge in [0.15, 0.2) is 6.10 Å². The number of aryl methyl sites for hydroxylation is 1. The van der Waals surface area contributed by atoms with Crippen LogP contribution in [0.4, 0.5) is 0 Å². The van der Waals surface area contributed by atoms with E-state index in [-0.39, 0.29) is 23.8 Å². The molecule has 6 atom stereocenters. The number of benzene rings is 1. The maximum atomic E-state index is 13.1. The number of carbonyl (C=O) groups excluding carboxylic acids is 4. The number of hydrogen-bond donors (Lipinski definition) is 4. The Morgan fingerprint density at radius 3 is 2.38 bits per heavy atom. The zero-order valence-corrected chi connectivity index (χ0v) is 23.7. The van der Waals surface area contributed by atoms with Gasteiger partial charge in [0.2, 0.25) is 5.91 Å². The van der Waals surface area contributed by atoms with Crippen LogP contribution in [0.5, 0.6) is 0 Å². The zero-order chi connectivity index (χ0) is 28.7. The first-order chi connectivity index (χ1) is 18.5. The fraction of sp³-hybridized carbons (Fsp3) is 0.655. The van der Waals surface area contributed by atoms with Crippen molar-refractivity contribution >= 4 is 23.7 Å². The fourth-order valence-electron chi connectivity index (χ4n) is 4.96. The minimum Gasteiger partial charge on any atom is -0.452 e. The molecule has 1 fully saturated rings. The summed E-state index contributed by atoms with van der Waals surface area (Å²) in [6, 6.07) is 6.36. The van der Waals surface area contributed by atoms with Gasteiger partial charge >= 0.3 is 5.97 Å². The summed E-state index contributed by atoms with van der Waals surface area (Å²) in [6.07, 6.45) is 1.98. The Hall–Kier alpha value is -2.98. The van der Waals surface area contributed by atoms with E-state index in [0.29, 0.717) is 32.2 Å². The average molecular weight is 545 g/mol. The predicted octanol–water partition coefficient (Wildman–Crippen LogP) is 2.16. The number of aliphatic hydroxyl groups is 1. The topological polar surface area (TPSA) is 137 Å². The average Bonchev–Trinajstić information content (AvgIpc) is 2.92. The normalized spacial score (nSPS) is 30.5. The quantitative estimate of drug-likeness (QED) is 0.398. The van der Waals surface area contributed by atoms with Gasteiger partial charge in [0.05, 0.1) is 18.1 Å². The molecule has 0 saturated carbocycles. The van der Waals surface area contributed by atoms with E-state index in [1.807, 2.05) is 25.1 Å². The summed E-state index contributed by atoms with van der Waals surface area (Å²) in [4.78, 5) is 52.1. The molecule has 1 aromatic carbocycles. The first kappa shape index (κ1) is 30.6. The largest absolute Gasteiger partial charge is 0.452 e. The van der Waals surface area contributed by atoms with Crippen molar-refractivity contribution in [2.45, 2.75) is 103 Å². The van der Waals surface area contributed by atoms with Gasteiger partial charge in [-0.15, -0.1) is 0 Å². The lowest BCUT2D eigenvalue weighted by Crippen LogP contribution is -2.61. The van der Waals surface area contributed by atoms with Crippen molar-refractivity contribution in [1.29, 1.82) is 0 Å². The van der Waals surface area contributed by atoms with Gasteiger partial charge in [0.1, 0.15) is 12.1 Å². The van der Waals surface area contributed by atoms with E-state index in [9.17, 15) is 24.3 Å². The SMILES string of the molecule is CC(C)C1OC(=O)[C@H](C)[C@H](O)CCCCc2cccc(c2)[C@@H](C)NC(=O)[C@@H]2CCCN(N2)C(=O)[C@H](C)NC1=O. The zero-order valence-electron chi connectivity index (χ0n) is 23.7. The van der Waals surface area contributed by atoms with Gasteiger partial charge in [0, 0.05) is 6.54 Å². The molecule has 2 aliphatic rings. The summed E-state index contributed by atoms with van der Waals surface area (Å²) >= 11 is 0. The molecule has 10 nitrogen and oxygen atoms in total. The van der Waals surface area contributed by atoms with Gasteiger partial charge in [0.25, 0.3) is 11.8 Å². The Bertz CT molecular complexity index is 1030. The number of fused-ring (bicyclic) bond motifs is 4. The lowest BCUT2D eigenvalue weighted by molar-refractivity contribution is -0.165. The molecule has 216 valence electrons. The highest BCUT2D eigenvalue weighted by atomic mass is 16.5. The number of hydrogen-bond acceptors (Lipinski definition) is 7. The smallest absolute Gasteiger partial charge is 0.312 e. The maximum Gasteiger partial charge on any atom is 0.312 e. The molecule has 1 unspecified atom stereocenters. The predicted molar refractivity (Wildman–Crippen MR) is 146 cm³/mol. The van der Waals surface area contributed by atoms with Gasteiger partial charge in [-0.1, -0.05) is 44.5 Å². The molecular formula is C29H44N4O6. The minimum absolute atomic E-state index is 0.195. The number of nitrogens with one attached hydrogen (secondary N) is 3. The van der Waals surface area contributed by atoms with Crippen LogP contribution in [0.15, 0.2) is 24.3 Å². The van der Waals surface area contributed by atoms with E-state index >= 15 is 0 Å². The van der Waals surface area contributed by atoms with E-state index < -0.39 is 42.1 Å². The molecule has 1 saturated heterocycles. The van der Waals surface area contributed by atoms with Crippen LogP contribution in [0.2, 0.25) is 0 Å². The lowest BCUT2D eigenvalue weighted by atomic mass is 9.96. The molecule has 2 aliphatic heterocycles. The van der Waals surface area contributed by atoms with Crippen molar-refractivity contribution in [3.05, 3.63) is 35.4 Å². The number of nitrogens with zero attached hydrogens (tertiary/aromatic N) is 1. The second-order valence-corrected chi connectivity index (χ2v) is 11.2. The standard InChI is InChI=1S/C29H44N4O6/c1-17(2)25-27(36)31-20(5)28(37)33-15-9-13-23(32-33)26(35)30-19(4)22-12-8-11-21(16-22)10-6-7-14-24(34)18(3)29(38)39-25/h8,11-12,16-20,23-25,32,34H,6-7,9-10,13-15H2,1-5H3,(H,30,35)(H,31,36)/t18-,19-,20+,23+,24-,25?/m1/s1. The Morgan fingerprint density at radius 1 is 0.949 bits per heavy atom. The van der Waals surface area contributed by atoms with E-state index in [1.54, 1.807) is 27.7 Å². The van der Waals surface area contributed by atoms with Gasteiger partial charge in [-0.25, -0.2) is 5.43 Å². The molecule has 4 bridgehead atoms. The van der Waals surface area contributed by atoms with Crippen LogP contribution in [0.1, 0.15) is 83.9 Å². The highest BCUT2D eigenvalue weighted by Crippen LogP contribution is 2.20. The summed E-state index contributed by atoms with van der Waals surface area (Å²) in [5, 5.41) is 17.7. The molecule has 39 heavy (non-hydrogen) atoms. The fourth-order valence-corrected chi connectivity index (χ4v) is 4.96. The third-order valence-corrected chi connectivity index (χ3v) is 7.58. The number of hydrazine groups is 1. The number of esters is 1. The summed E-state index contributed by atoms with van der Waals surface area (Å²) < 4.78 is 5.53. The molecule has 0 radical (unpaired) electrons. The van der Waals surface area contributed by atoms with E-state index in [4.69, 9.17) is 4.74 Å². The number of rotatable bonds is 1. The highest BCUT2D eigenvalue weighted by Gasteiger charge is 2.35. The van der Waals surface area contributed by atoms with Crippen molar-refractivity contribution in [1.82, 2.24) is 21.1 Å². The first-order valence-corrected chi connectivity index (χ1v) is 14.1. The van der Waals surface area contributed by atoms with Gasteiger partial charge in [-0.2, -0.15) is 0 Å². The number of ether oxygens (including phenoxy) is 1. The molecular weight excluding hydrogens is 500 g/mol. The minimum atomic E-state index is -1.11. The lowest BCUT2D eigenvalue weighted by Gasteiger charge is -2.35. The number of amides is 3. The molecule has 10 heteroatoms. The molecule has 1 aromatic rings. The third kappa shape index (κ3) is 8.25. The maximum absolute atomic E-state index is 13.1. The Balaban J connectivity index is 1.82. The highest BCUT2D eigenvalue weighted by molar-refractivity contribution is 5.90. The van der Waals surface area contributed by atoms with E-state index in [1.165, 1.54) is 5.01 Å². The van der Waals surface area contributed by atoms with Crippen LogP contribution < -0.4 is 16.1 Å². The summed E-state index contributed by atoms with van der Waals surface area (Å²) in [7, 11) is 0. The summed E-state index contributed by atoms with van der Waals surface area (Å²) in [6.45, 7) is 9.00. The number of aliphatic hydroxyl groups excluding tert-OH is 1. The molecule has 0 aliphatic carbocycles. The van der Waals surface area contributed by atoms with Crippen molar-refractivity contribution in [2.75, 3.05) is 6.54 Å². The van der Waals surface area contributed by atoms with E-state index in [0.717, 1.165) is 24.0 Å².